The maximum atomic E-state index is 9.48. The summed E-state index contributed by atoms with van der Waals surface area (Å²) in [5.74, 6) is 0.395. The highest BCUT2D eigenvalue weighted by molar-refractivity contribution is 6.39. The summed E-state index contributed by atoms with van der Waals surface area (Å²) in [6.45, 7) is 0. The van der Waals surface area contributed by atoms with E-state index in [9.17, 15) is 5.26 Å². The van der Waals surface area contributed by atoms with Crippen molar-refractivity contribution in [1.29, 1.82) is 5.26 Å². The Balaban J connectivity index is 1.88. The average Bonchev–Trinajstić information content (AvgIpc) is 2.99. The molecule has 7 heteroatoms. The molecule has 2 aromatic carbocycles. The maximum Gasteiger partial charge on any atom is 0.160 e. The fraction of sp³-hybridized carbons (Fsp3) is 0.0556. The molecule has 4 nitrogen and oxygen atoms in total. The van der Waals surface area contributed by atoms with Crippen LogP contribution in [0.15, 0.2) is 52.0 Å². The molecule has 0 bridgehead atoms. The van der Waals surface area contributed by atoms with Crippen molar-refractivity contribution in [2.75, 3.05) is 0 Å². The zero-order valence-corrected chi connectivity index (χ0v) is 15.0. The van der Waals surface area contributed by atoms with Crippen molar-refractivity contribution >= 4 is 46.7 Å². The summed E-state index contributed by atoms with van der Waals surface area (Å²) >= 11 is 18.2. The third kappa shape index (κ3) is 3.85. The quantitative estimate of drug-likeness (QED) is 0.504. The molecule has 25 heavy (non-hydrogen) atoms. The highest BCUT2D eigenvalue weighted by Gasteiger charge is 2.20. The molecule has 0 saturated carbocycles. The second kappa shape index (κ2) is 7.71. The normalized spacial score (nSPS) is 11.0. The first kappa shape index (κ1) is 17.5. The third-order valence-corrected chi connectivity index (χ3v) is 4.30. The number of hydrogen-bond donors (Lipinski definition) is 0. The Labute approximate surface area is 159 Å². The highest BCUT2D eigenvalue weighted by Crippen LogP contribution is 2.36. The van der Waals surface area contributed by atoms with Crippen molar-refractivity contribution in [3.8, 4) is 17.3 Å². The summed E-state index contributed by atoms with van der Waals surface area (Å²) in [5, 5.41) is 14.9. The van der Waals surface area contributed by atoms with Crippen LogP contribution in [0.2, 0.25) is 15.1 Å². The van der Waals surface area contributed by atoms with E-state index in [2.05, 4.69) is 16.2 Å². The molecule has 0 spiro atoms. The Morgan fingerprint density at radius 1 is 1.08 bits per heavy atom. The molecular weight excluding hydrogens is 381 g/mol. The van der Waals surface area contributed by atoms with E-state index in [1.165, 1.54) is 0 Å². The largest absolute Gasteiger partial charge is 0.359 e. The number of aliphatic imine (C=N–C) groups is 1. The molecule has 0 aliphatic rings. The van der Waals surface area contributed by atoms with E-state index in [-0.39, 0.29) is 5.56 Å². The van der Waals surface area contributed by atoms with E-state index in [0.717, 1.165) is 5.69 Å². The van der Waals surface area contributed by atoms with Gasteiger partial charge in [0, 0.05) is 23.2 Å². The summed E-state index contributed by atoms with van der Waals surface area (Å²) in [5.41, 5.74) is 1.84. The fourth-order valence-corrected chi connectivity index (χ4v) is 2.94. The van der Waals surface area contributed by atoms with Gasteiger partial charge >= 0.3 is 0 Å². The number of hydrogen-bond acceptors (Lipinski definition) is 4. The molecule has 0 amide bonds. The summed E-state index contributed by atoms with van der Waals surface area (Å²) in [6.07, 6.45) is 1.95. The van der Waals surface area contributed by atoms with Gasteiger partial charge in [-0.1, -0.05) is 46.0 Å². The van der Waals surface area contributed by atoms with Gasteiger partial charge in [0.15, 0.2) is 5.76 Å². The van der Waals surface area contributed by atoms with Crippen LogP contribution in [0.1, 0.15) is 11.3 Å². The Bertz CT molecular complexity index is 952. The first-order valence-corrected chi connectivity index (χ1v) is 8.34. The van der Waals surface area contributed by atoms with Crippen LogP contribution >= 0.6 is 34.8 Å². The molecular formula is C18H10Cl3N3O. The average molecular weight is 391 g/mol. The van der Waals surface area contributed by atoms with Crippen LogP contribution in [0.25, 0.3) is 11.3 Å². The van der Waals surface area contributed by atoms with Crippen LogP contribution in [0.4, 0.5) is 5.69 Å². The summed E-state index contributed by atoms with van der Waals surface area (Å²) in [7, 11) is 0. The molecule has 1 heterocycles. The van der Waals surface area contributed by atoms with Gasteiger partial charge in [0.25, 0.3) is 0 Å². The van der Waals surface area contributed by atoms with E-state index < -0.39 is 0 Å². The van der Waals surface area contributed by atoms with E-state index >= 15 is 0 Å². The van der Waals surface area contributed by atoms with E-state index in [4.69, 9.17) is 39.3 Å². The number of nitriles is 1. The van der Waals surface area contributed by atoms with Gasteiger partial charge in [-0.05, 0) is 36.4 Å². The number of rotatable bonds is 4. The smallest absolute Gasteiger partial charge is 0.160 e. The second-order valence-corrected chi connectivity index (χ2v) is 6.28. The molecule has 0 atom stereocenters. The van der Waals surface area contributed by atoms with Gasteiger partial charge in [-0.3, -0.25) is 4.99 Å². The van der Waals surface area contributed by atoms with Gasteiger partial charge in [0.1, 0.15) is 17.3 Å². The van der Waals surface area contributed by atoms with Gasteiger partial charge in [-0.15, -0.1) is 0 Å². The van der Waals surface area contributed by atoms with Gasteiger partial charge in [-0.2, -0.15) is 5.26 Å². The molecule has 0 radical (unpaired) electrons. The molecule has 3 aromatic rings. The number of benzene rings is 2. The Hall–Kier alpha value is -2.32. The van der Waals surface area contributed by atoms with E-state index in [1.54, 1.807) is 48.7 Å². The zero-order chi connectivity index (χ0) is 17.8. The minimum Gasteiger partial charge on any atom is -0.359 e. The predicted octanol–water partition coefficient (Wildman–Crippen LogP) is 6.12. The van der Waals surface area contributed by atoms with Crippen molar-refractivity contribution in [3.05, 3.63) is 68.9 Å². The standard InChI is InChI=1S/C18H10Cl3N3O/c19-11-4-6-12(7-5-11)23-9-8-16-13(10-22)18(24-25-16)17-14(20)2-1-3-15(17)21/h1-7,9H,8H2. The van der Waals surface area contributed by atoms with Crippen LogP contribution in [-0.2, 0) is 6.42 Å². The Morgan fingerprint density at radius 3 is 2.40 bits per heavy atom. The van der Waals surface area contributed by atoms with Crippen molar-refractivity contribution in [2.45, 2.75) is 6.42 Å². The number of nitrogens with zero attached hydrogens (tertiary/aromatic N) is 3. The minimum atomic E-state index is 0.289. The lowest BCUT2D eigenvalue weighted by atomic mass is 10.1. The van der Waals surface area contributed by atoms with Gasteiger partial charge in [-0.25, -0.2) is 0 Å². The van der Waals surface area contributed by atoms with Crippen molar-refractivity contribution in [1.82, 2.24) is 5.16 Å². The monoisotopic (exact) mass is 389 g/mol. The van der Waals surface area contributed by atoms with E-state index in [0.29, 0.717) is 38.5 Å². The van der Waals surface area contributed by atoms with Crippen LogP contribution in [0, 0.1) is 11.3 Å². The molecule has 3 rings (SSSR count). The molecule has 0 fully saturated rings. The minimum absolute atomic E-state index is 0.289. The molecule has 0 saturated heterocycles. The van der Waals surface area contributed by atoms with E-state index in [1.807, 2.05) is 0 Å². The molecule has 0 unspecified atom stereocenters. The SMILES string of the molecule is N#Cc1c(-c2c(Cl)cccc2Cl)noc1CC=Nc1ccc(Cl)cc1. The molecule has 0 N–H and O–H groups in total. The molecule has 0 aliphatic carbocycles. The van der Waals surface area contributed by atoms with Gasteiger partial charge < -0.3 is 4.52 Å². The van der Waals surface area contributed by atoms with Gasteiger partial charge in [0.05, 0.1) is 15.7 Å². The van der Waals surface area contributed by atoms with Crippen molar-refractivity contribution in [3.63, 3.8) is 0 Å². The lowest BCUT2D eigenvalue weighted by Crippen LogP contribution is -1.89. The van der Waals surface area contributed by atoms with Crippen LogP contribution in [0.3, 0.4) is 0 Å². The molecule has 0 aliphatic heterocycles. The topological polar surface area (TPSA) is 62.2 Å². The Morgan fingerprint density at radius 2 is 1.76 bits per heavy atom. The number of aromatic nitrogens is 1. The third-order valence-electron chi connectivity index (χ3n) is 3.42. The van der Waals surface area contributed by atoms with Crippen LogP contribution < -0.4 is 0 Å². The first-order valence-electron chi connectivity index (χ1n) is 7.21. The lowest BCUT2D eigenvalue weighted by molar-refractivity contribution is 0.395. The number of halogens is 3. The Kier molecular flexibility index (Phi) is 5.40. The van der Waals surface area contributed by atoms with Crippen molar-refractivity contribution in [2.24, 2.45) is 4.99 Å². The zero-order valence-electron chi connectivity index (χ0n) is 12.7. The summed E-state index contributed by atoms with van der Waals surface area (Å²) in [6, 6.07) is 14.3. The lowest BCUT2D eigenvalue weighted by Gasteiger charge is -2.02. The molecule has 124 valence electrons. The fourth-order valence-electron chi connectivity index (χ4n) is 2.23. The first-order chi connectivity index (χ1) is 12.1. The summed E-state index contributed by atoms with van der Waals surface area (Å²) in [4.78, 5) is 4.30. The summed E-state index contributed by atoms with van der Waals surface area (Å²) < 4.78 is 5.31. The maximum absolute atomic E-state index is 9.48. The van der Waals surface area contributed by atoms with Gasteiger partial charge in [0.2, 0.25) is 0 Å². The second-order valence-electron chi connectivity index (χ2n) is 5.03. The highest BCUT2D eigenvalue weighted by atomic mass is 35.5. The van der Waals surface area contributed by atoms with Crippen LogP contribution in [-0.4, -0.2) is 11.4 Å². The predicted molar refractivity (Wildman–Crippen MR) is 100.0 cm³/mol. The van der Waals surface area contributed by atoms with Crippen LogP contribution in [0.5, 0.6) is 0 Å². The molecule has 1 aromatic heterocycles. The van der Waals surface area contributed by atoms with Crippen molar-refractivity contribution < 1.29 is 4.52 Å².